The minimum Gasteiger partial charge on any atom is -0.338 e. The Kier molecular flexibility index (Phi) is 4.04. The number of nitrogens with one attached hydrogen (secondary N) is 1. The molecule has 0 saturated heterocycles. The van der Waals surface area contributed by atoms with Crippen LogP contribution in [0.1, 0.15) is 23.0 Å². The van der Waals surface area contributed by atoms with Gasteiger partial charge in [-0.1, -0.05) is 23.7 Å². The van der Waals surface area contributed by atoms with Gasteiger partial charge in [0.1, 0.15) is 5.82 Å². The zero-order valence-corrected chi connectivity index (χ0v) is 11.7. The Bertz CT molecular complexity index is 534. The van der Waals surface area contributed by atoms with Gasteiger partial charge in [0, 0.05) is 36.9 Å². The molecule has 0 aliphatic heterocycles. The van der Waals surface area contributed by atoms with Crippen LogP contribution in [0.15, 0.2) is 30.6 Å². The largest absolute Gasteiger partial charge is 0.338 e. The lowest BCUT2D eigenvalue weighted by atomic mass is 10.0. The Morgan fingerprint density at radius 3 is 2.78 bits per heavy atom. The van der Waals surface area contributed by atoms with E-state index < -0.39 is 0 Å². The highest BCUT2D eigenvalue weighted by atomic mass is 35.5. The lowest BCUT2D eigenvalue weighted by Crippen LogP contribution is -2.20. The van der Waals surface area contributed by atoms with Gasteiger partial charge in [-0.15, -0.1) is 0 Å². The second kappa shape index (κ2) is 5.55. The van der Waals surface area contributed by atoms with Gasteiger partial charge in [0.25, 0.3) is 0 Å². The Labute approximate surface area is 113 Å². The molecule has 0 saturated carbocycles. The number of imidazole rings is 1. The molecule has 0 bridgehead atoms. The van der Waals surface area contributed by atoms with Crippen LogP contribution in [0.5, 0.6) is 0 Å². The van der Waals surface area contributed by atoms with Gasteiger partial charge in [-0.05, 0) is 31.2 Å². The molecule has 0 amide bonds. The van der Waals surface area contributed by atoms with Crippen molar-refractivity contribution in [2.75, 3.05) is 7.05 Å². The van der Waals surface area contributed by atoms with Crippen LogP contribution in [-0.4, -0.2) is 16.6 Å². The maximum atomic E-state index is 6.18. The second-order valence-electron chi connectivity index (χ2n) is 4.51. The maximum absolute atomic E-state index is 6.18. The molecule has 2 aromatic rings. The van der Waals surface area contributed by atoms with E-state index in [4.69, 9.17) is 11.6 Å². The molecule has 1 heterocycles. The first-order chi connectivity index (χ1) is 8.61. The molecular formula is C14H18ClN3. The van der Waals surface area contributed by atoms with E-state index in [1.54, 1.807) is 0 Å². The van der Waals surface area contributed by atoms with Crippen LogP contribution >= 0.6 is 11.6 Å². The van der Waals surface area contributed by atoms with Crippen LogP contribution < -0.4 is 5.32 Å². The molecule has 1 atom stereocenters. The summed E-state index contributed by atoms with van der Waals surface area (Å²) >= 11 is 6.18. The highest BCUT2D eigenvalue weighted by Gasteiger charge is 2.13. The van der Waals surface area contributed by atoms with Crippen molar-refractivity contribution in [2.24, 2.45) is 7.05 Å². The number of hydrogen-bond acceptors (Lipinski definition) is 2. The normalized spacial score (nSPS) is 12.7. The molecule has 18 heavy (non-hydrogen) atoms. The second-order valence-corrected chi connectivity index (χ2v) is 4.92. The van der Waals surface area contributed by atoms with Gasteiger partial charge < -0.3 is 9.88 Å². The smallest absolute Gasteiger partial charge is 0.110 e. The summed E-state index contributed by atoms with van der Waals surface area (Å²) in [6, 6.07) is 6.43. The Balaban J connectivity index is 2.23. The third kappa shape index (κ3) is 2.74. The number of benzene rings is 1. The molecule has 0 fully saturated rings. The van der Waals surface area contributed by atoms with Crippen molar-refractivity contribution in [2.45, 2.75) is 19.4 Å². The molecule has 96 valence electrons. The molecule has 0 aliphatic rings. The number of likely N-dealkylation sites (N-methyl/N-ethyl adjacent to an activating group) is 1. The minimum absolute atomic E-state index is 0.226. The molecule has 1 unspecified atom stereocenters. The fraction of sp³-hybridized carbons (Fsp3) is 0.357. The SMILES string of the molecule is CNC(Cc1nccn1C)c1ccc(C)c(Cl)c1. The first-order valence-electron chi connectivity index (χ1n) is 6.01. The average Bonchev–Trinajstić information content (AvgIpc) is 2.75. The van der Waals surface area contributed by atoms with Crippen molar-refractivity contribution < 1.29 is 0 Å². The van der Waals surface area contributed by atoms with Crippen LogP contribution in [0, 0.1) is 6.92 Å². The molecule has 1 aromatic carbocycles. The van der Waals surface area contributed by atoms with Crippen molar-refractivity contribution in [1.82, 2.24) is 14.9 Å². The molecular weight excluding hydrogens is 246 g/mol. The van der Waals surface area contributed by atoms with Gasteiger partial charge in [0.05, 0.1) is 0 Å². The summed E-state index contributed by atoms with van der Waals surface area (Å²) in [6.07, 6.45) is 4.63. The van der Waals surface area contributed by atoms with E-state index >= 15 is 0 Å². The Hall–Kier alpha value is -1.32. The number of aryl methyl sites for hydroxylation is 2. The fourth-order valence-corrected chi connectivity index (χ4v) is 2.18. The predicted molar refractivity (Wildman–Crippen MR) is 74.9 cm³/mol. The maximum Gasteiger partial charge on any atom is 0.110 e. The summed E-state index contributed by atoms with van der Waals surface area (Å²) < 4.78 is 2.04. The molecule has 2 rings (SSSR count). The first kappa shape index (κ1) is 13.1. The number of hydrogen-bond donors (Lipinski definition) is 1. The van der Waals surface area contributed by atoms with Crippen molar-refractivity contribution >= 4 is 11.6 Å². The Morgan fingerprint density at radius 2 is 2.22 bits per heavy atom. The number of nitrogens with zero attached hydrogens (tertiary/aromatic N) is 2. The Morgan fingerprint density at radius 1 is 1.44 bits per heavy atom. The van der Waals surface area contributed by atoms with Crippen molar-refractivity contribution in [3.8, 4) is 0 Å². The zero-order valence-electron chi connectivity index (χ0n) is 10.9. The van der Waals surface area contributed by atoms with Crippen molar-refractivity contribution in [3.05, 3.63) is 52.6 Å². The summed E-state index contributed by atoms with van der Waals surface area (Å²) in [6.45, 7) is 2.01. The van der Waals surface area contributed by atoms with E-state index in [2.05, 4.69) is 22.4 Å². The lowest BCUT2D eigenvalue weighted by Gasteiger charge is -2.17. The zero-order chi connectivity index (χ0) is 13.1. The molecule has 1 N–H and O–H groups in total. The van der Waals surface area contributed by atoms with E-state index in [1.807, 2.05) is 44.0 Å². The summed E-state index contributed by atoms with van der Waals surface area (Å²) in [4.78, 5) is 4.36. The standard InChI is InChI=1S/C14H18ClN3/c1-10-4-5-11(8-12(10)15)13(16-2)9-14-17-6-7-18(14)3/h4-8,13,16H,9H2,1-3H3. The summed E-state index contributed by atoms with van der Waals surface area (Å²) in [7, 11) is 3.97. The van der Waals surface area contributed by atoms with E-state index in [9.17, 15) is 0 Å². The van der Waals surface area contributed by atoms with Crippen LogP contribution in [0.2, 0.25) is 5.02 Å². The first-order valence-corrected chi connectivity index (χ1v) is 6.39. The molecule has 0 radical (unpaired) electrons. The van der Waals surface area contributed by atoms with Gasteiger partial charge in [0.2, 0.25) is 0 Å². The number of aromatic nitrogens is 2. The van der Waals surface area contributed by atoms with Gasteiger partial charge in [-0.25, -0.2) is 4.98 Å². The van der Waals surface area contributed by atoms with Crippen molar-refractivity contribution in [3.63, 3.8) is 0 Å². The van der Waals surface area contributed by atoms with Crippen LogP contribution in [0.25, 0.3) is 0 Å². The molecule has 0 aliphatic carbocycles. The molecule has 1 aromatic heterocycles. The summed E-state index contributed by atoms with van der Waals surface area (Å²) in [5.41, 5.74) is 2.29. The summed E-state index contributed by atoms with van der Waals surface area (Å²) in [5, 5.41) is 4.13. The predicted octanol–water partition coefficient (Wildman–Crippen LogP) is 2.89. The number of rotatable bonds is 4. The van der Waals surface area contributed by atoms with Gasteiger partial charge in [-0.2, -0.15) is 0 Å². The molecule has 4 heteroatoms. The highest BCUT2D eigenvalue weighted by Crippen LogP contribution is 2.23. The van der Waals surface area contributed by atoms with Crippen LogP contribution in [-0.2, 0) is 13.5 Å². The van der Waals surface area contributed by atoms with E-state index in [0.29, 0.717) is 0 Å². The van der Waals surface area contributed by atoms with Gasteiger partial charge in [0.15, 0.2) is 0 Å². The van der Waals surface area contributed by atoms with Crippen LogP contribution in [0.4, 0.5) is 0 Å². The third-order valence-corrected chi connectivity index (χ3v) is 3.66. The van der Waals surface area contributed by atoms with E-state index in [-0.39, 0.29) is 6.04 Å². The third-order valence-electron chi connectivity index (χ3n) is 3.25. The number of halogens is 1. The molecule has 3 nitrogen and oxygen atoms in total. The van der Waals surface area contributed by atoms with Crippen molar-refractivity contribution in [1.29, 1.82) is 0 Å². The molecule has 0 spiro atoms. The minimum atomic E-state index is 0.226. The average molecular weight is 264 g/mol. The van der Waals surface area contributed by atoms with Gasteiger partial charge in [-0.3, -0.25) is 0 Å². The highest BCUT2D eigenvalue weighted by molar-refractivity contribution is 6.31. The fourth-order valence-electron chi connectivity index (χ4n) is 1.99. The summed E-state index contributed by atoms with van der Waals surface area (Å²) in [5.74, 6) is 1.06. The van der Waals surface area contributed by atoms with E-state index in [1.165, 1.54) is 5.56 Å². The lowest BCUT2D eigenvalue weighted by molar-refractivity contribution is 0.563. The topological polar surface area (TPSA) is 29.9 Å². The van der Waals surface area contributed by atoms with Gasteiger partial charge >= 0.3 is 0 Å². The van der Waals surface area contributed by atoms with Crippen LogP contribution in [0.3, 0.4) is 0 Å². The van der Waals surface area contributed by atoms with E-state index in [0.717, 1.165) is 22.8 Å². The quantitative estimate of drug-likeness (QED) is 0.919. The monoisotopic (exact) mass is 263 g/mol.